The van der Waals surface area contributed by atoms with Crippen molar-refractivity contribution in [2.75, 3.05) is 0 Å². The van der Waals surface area contributed by atoms with Crippen LogP contribution in [-0.2, 0) is 0 Å². The summed E-state index contributed by atoms with van der Waals surface area (Å²) in [5.41, 5.74) is 1.15. The summed E-state index contributed by atoms with van der Waals surface area (Å²) in [6, 6.07) is 0. The summed E-state index contributed by atoms with van der Waals surface area (Å²) in [6.45, 7) is 9.07. The van der Waals surface area contributed by atoms with Crippen LogP contribution in [0.1, 0.15) is 6.92 Å². The predicted molar refractivity (Wildman–Crippen MR) is 34.2 cm³/mol. The highest BCUT2D eigenvalue weighted by atomic mass is 13.8. The fourth-order valence-corrected chi connectivity index (χ4v) is 0.254. The van der Waals surface area contributed by atoms with Crippen molar-refractivity contribution in [3.8, 4) is 0 Å². The van der Waals surface area contributed by atoms with Crippen molar-refractivity contribution < 1.29 is 0 Å². The van der Waals surface area contributed by atoms with Gasteiger partial charge in [-0.15, -0.1) is 0 Å². The standard InChI is InChI=1S/C7H10/c1-4-6-7(3)5-2/h4-6H,1-2H2,3H3/b7-6-. The van der Waals surface area contributed by atoms with Crippen LogP contribution >= 0.6 is 0 Å². The zero-order valence-corrected chi connectivity index (χ0v) is 4.65. The van der Waals surface area contributed by atoms with Crippen LogP contribution in [0.3, 0.4) is 0 Å². The summed E-state index contributed by atoms with van der Waals surface area (Å²) < 4.78 is 0. The van der Waals surface area contributed by atoms with E-state index in [1.165, 1.54) is 0 Å². The van der Waals surface area contributed by atoms with Crippen molar-refractivity contribution >= 4 is 0 Å². The van der Waals surface area contributed by atoms with E-state index in [0.29, 0.717) is 0 Å². The van der Waals surface area contributed by atoms with Gasteiger partial charge in [0.2, 0.25) is 0 Å². The maximum atomic E-state index is 3.56. The molecule has 0 N–H and O–H groups in total. The van der Waals surface area contributed by atoms with Crippen LogP contribution in [0.15, 0.2) is 37.0 Å². The van der Waals surface area contributed by atoms with Gasteiger partial charge in [0.05, 0.1) is 0 Å². The summed E-state index contributed by atoms with van der Waals surface area (Å²) in [5.74, 6) is 0. The Bertz CT molecular complexity index is 96.6. The molecule has 0 heteroatoms. The molecule has 0 aliphatic heterocycles. The van der Waals surface area contributed by atoms with Crippen LogP contribution in [0, 0.1) is 0 Å². The van der Waals surface area contributed by atoms with Crippen molar-refractivity contribution in [3.63, 3.8) is 0 Å². The van der Waals surface area contributed by atoms with E-state index in [9.17, 15) is 0 Å². The van der Waals surface area contributed by atoms with E-state index >= 15 is 0 Å². The third kappa shape index (κ3) is 3.04. The van der Waals surface area contributed by atoms with Crippen molar-refractivity contribution in [1.82, 2.24) is 0 Å². The van der Waals surface area contributed by atoms with Gasteiger partial charge < -0.3 is 0 Å². The molecule has 0 aromatic heterocycles. The van der Waals surface area contributed by atoms with E-state index in [4.69, 9.17) is 0 Å². The number of rotatable bonds is 2. The second kappa shape index (κ2) is 3.41. The first-order valence-electron chi connectivity index (χ1n) is 2.23. The molecule has 7 heavy (non-hydrogen) atoms. The summed E-state index contributed by atoms with van der Waals surface area (Å²) in [4.78, 5) is 0. The van der Waals surface area contributed by atoms with Gasteiger partial charge in [-0.1, -0.05) is 37.0 Å². The van der Waals surface area contributed by atoms with Gasteiger partial charge in [-0.05, 0) is 6.92 Å². The Morgan fingerprint density at radius 1 is 1.43 bits per heavy atom. The molecule has 0 fully saturated rings. The summed E-state index contributed by atoms with van der Waals surface area (Å²) in [7, 11) is 0. The van der Waals surface area contributed by atoms with Gasteiger partial charge in [-0.3, -0.25) is 0 Å². The average molecular weight is 94.2 g/mol. The molecule has 0 radical (unpaired) electrons. The minimum Gasteiger partial charge on any atom is -0.0991 e. The first-order valence-corrected chi connectivity index (χ1v) is 2.23. The number of hydrogen-bond acceptors (Lipinski definition) is 0. The molecule has 0 nitrogen and oxygen atoms in total. The second-order valence-corrected chi connectivity index (χ2v) is 1.35. The lowest BCUT2D eigenvalue weighted by atomic mass is 10.3. The molecule has 0 saturated carbocycles. The molecule has 0 aromatic carbocycles. The number of allylic oxidation sites excluding steroid dienone is 4. The van der Waals surface area contributed by atoms with Gasteiger partial charge in [0.15, 0.2) is 0 Å². The van der Waals surface area contributed by atoms with E-state index in [-0.39, 0.29) is 0 Å². The van der Waals surface area contributed by atoms with Crippen LogP contribution < -0.4 is 0 Å². The van der Waals surface area contributed by atoms with Crippen molar-refractivity contribution in [2.24, 2.45) is 0 Å². The van der Waals surface area contributed by atoms with E-state index < -0.39 is 0 Å². The first-order chi connectivity index (χ1) is 3.31. The smallest absolute Gasteiger partial charge is 0.0398 e. The first kappa shape index (κ1) is 6.22. The van der Waals surface area contributed by atoms with Crippen LogP contribution in [0.2, 0.25) is 0 Å². The van der Waals surface area contributed by atoms with Crippen LogP contribution in [0.4, 0.5) is 0 Å². The minimum atomic E-state index is 1.15. The highest BCUT2D eigenvalue weighted by Crippen LogP contribution is 1.90. The molecule has 0 atom stereocenters. The topological polar surface area (TPSA) is 0 Å². The number of hydrogen-bond donors (Lipinski definition) is 0. The Morgan fingerprint density at radius 3 is 2.14 bits per heavy atom. The molecule has 0 saturated heterocycles. The Labute approximate surface area is 44.9 Å². The fourth-order valence-electron chi connectivity index (χ4n) is 0.254. The maximum Gasteiger partial charge on any atom is -0.0398 e. The molecule has 0 spiro atoms. The van der Waals surface area contributed by atoms with Crippen molar-refractivity contribution in [3.05, 3.63) is 37.0 Å². The molecule has 0 unspecified atom stereocenters. The molecule has 0 bridgehead atoms. The summed E-state index contributed by atoms with van der Waals surface area (Å²) >= 11 is 0. The Balaban J connectivity index is 3.72. The lowest BCUT2D eigenvalue weighted by molar-refractivity contribution is 1.54. The normalized spacial score (nSPS) is 10.7. The lowest BCUT2D eigenvalue weighted by Gasteiger charge is -1.80. The van der Waals surface area contributed by atoms with Crippen LogP contribution in [0.5, 0.6) is 0 Å². The largest absolute Gasteiger partial charge is 0.0991 e. The Hall–Kier alpha value is -0.780. The summed E-state index contributed by atoms with van der Waals surface area (Å²) in [5, 5.41) is 0. The molecule has 0 aromatic rings. The molecule has 0 rings (SSSR count). The van der Waals surface area contributed by atoms with Gasteiger partial charge in [-0.25, -0.2) is 0 Å². The Morgan fingerprint density at radius 2 is 2.00 bits per heavy atom. The van der Waals surface area contributed by atoms with Gasteiger partial charge >= 0.3 is 0 Å². The SMILES string of the molecule is C=C/C=C(/C)C=C. The van der Waals surface area contributed by atoms with Gasteiger partial charge in [-0.2, -0.15) is 0 Å². The van der Waals surface area contributed by atoms with Crippen molar-refractivity contribution in [2.45, 2.75) is 6.92 Å². The molecular weight excluding hydrogens is 84.1 g/mol. The summed E-state index contributed by atoms with van der Waals surface area (Å²) in [6.07, 6.45) is 5.45. The van der Waals surface area contributed by atoms with E-state index in [0.717, 1.165) is 5.57 Å². The van der Waals surface area contributed by atoms with Gasteiger partial charge in [0.1, 0.15) is 0 Å². The van der Waals surface area contributed by atoms with E-state index in [1.807, 2.05) is 13.0 Å². The molecule has 0 heterocycles. The van der Waals surface area contributed by atoms with Crippen molar-refractivity contribution in [1.29, 1.82) is 0 Å². The van der Waals surface area contributed by atoms with E-state index in [1.54, 1.807) is 12.2 Å². The van der Waals surface area contributed by atoms with Crippen LogP contribution in [-0.4, -0.2) is 0 Å². The maximum absolute atomic E-state index is 3.56. The van der Waals surface area contributed by atoms with Gasteiger partial charge in [0, 0.05) is 0 Å². The second-order valence-electron chi connectivity index (χ2n) is 1.35. The fraction of sp³-hybridized carbons (Fsp3) is 0.143. The predicted octanol–water partition coefficient (Wildman–Crippen LogP) is 2.30. The van der Waals surface area contributed by atoms with Gasteiger partial charge in [0.25, 0.3) is 0 Å². The highest BCUT2D eigenvalue weighted by Gasteiger charge is 1.68. The highest BCUT2D eigenvalue weighted by molar-refractivity contribution is 5.17. The molecule has 0 amide bonds. The molecule has 0 aliphatic carbocycles. The van der Waals surface area contributed by atoms with Crippen LogP contribution in [0.25, 0.3) is 0 Å². The van der Waals surface area contributed by atoms with E-state index in [2.05, 4.69) is 13.2 Å². The molecule has 38 valence electrons. The zero-order chi connectivity index (χ0) is 5.70. The quantitative estimate of drug-likeness (QED) is 0.460. The zero-order valence-electron chi connectivity index (χ0n) is 4.65. The molecule has 0 aliphatic rings. The minimum absolute atomic E-state index is 1.15. The third-order valence-electron chi connectivity index (χ3n) is 0.703. The average Bonchev–Trinajstić information content (AvgIpc) is 1.68. The lowest BCUT2D eigenvalue weighted by Crippen LogP contribution is -1.58. The monoisotopic (exact) mass is 94.1 g/mol. The third-order valence-corrected chi connectivity index (χ3v) is 0.703. The molecular formula is C7H10. The Kier molecular flexibility index (Phi) is 3.03.